The molecule has 1 N–H and O–H groups in total. The maximum atomic E-state index is 5.97. The fourth-order valence-electron chi connectivity index (χ4n) is 2.22. The molecule has 2 nitrogen and oxygen atoms in total. The Labute approximate surface area is 131 Å². The molecule has 0 amide bonds. The van der Waals surface area contributed by atoms with Crippen LogP contribution in [0.4, 0.5) is 0 Å². The number of nitrogens with one attached hydrogen (secondary N) is 1. The van der Waals surface area contributed by atoms with Crippen molar-refractivity contribution in [3.63, 3.8) is 0 Å². The smallest absolute Gasteiger partial charge is 0.123 e. The summed E-state index contributed by atoms with van der Waals surface area (Å²) in [4.78, 5) is 0. The molecule has 0 saturated carbocycles. The fourth-order valence-corrected chi connectivity index (χ4v) is 2.22. The molecule has 1 rings (SSSR count). The number of unbranched alkanes of at least 4 members (excludes halogenated alkanes) is 5. The zero-order valence-corrected chi connectivity index (χ0v) is 14.4. The first-order valence-electron chi connectivity index (χ1n) is 8.48. The van der Waals surface area contributed by atoms with E-state index in [4.69, 9.17) is 4.74 Å². The maximum absolute atomic E-state index is 5.97. The molecule has 120 valence electrons. The van der Waals surface area contributed by atoms with Gasteiger partial charge in [0.2, 0.25) is 0 Å². The highest BCUT2D eigenvalue weighted by Gasteiger charge is 2.10. The first-order valence-corrected chi connectivity index (χ1v) is 8.48. The van der Waals surface area contributed by atoms with E-state index < -0.39 is 0 Å². The van der Waals surface area contributed by atoms with Gasteiger partial charge in [0.1, 0.15) is 5.75 Å². The van der Waals surface area contributed by atoms with Crippen LogP contribution < -0.4 is 10.1 Å². The molecule has 0 aliphatic rings. The Morgan fingerprint density at radius 3 is 2.33 bits per heavy atom. The Hall–Kier alpha value is -1.02. The van der Waals surface area contributed by atoms with Crippen LogP contribution in [0, 0.1) is 0 Å². The van der Waals surface area contributed by atoms with Crippen molar-refractivity contribution in [2.75, 3.05) is 6.61 Å². The quantitative estimate of drug-likeness (QED) is 0.589. The molecule has 21 heavy (non-hydrogen) atoms. The fraction of sp³-hybridized carbons (Fsp3) is 0.684. The Morgan fingerprint density at radius 2 is 1.62 bits per heavy atom. The Morgan fingerprint density at radius 1 is 0.952 bits per heavy atom. The van der Waals surface area contributed by atoms with E-state index in [9.17, 15) is 0 Å². The third-order valence-electron chi connectivity index (χ3n) is 3.54. The van der Waals surface area contributed by atoms with Gasteiger partial charge in [0.05, 0.1) is 6.61 Å². The van der Waals surface area contributed by atoms with Gasteiger partial charge in [-0.05, 0) is 33.3 Å². The molecule has 1 aromatic carbocycles. The van der Waals surface area contributed by atoms with Gasteiger partial charge in [-0.2, -0.15) is 0 Å². The van der Waals surface area contributed by atoms with Crippen molar-refractivity contribution in [1.82, 2.24) is 5.32 Å². The van der Waals surface area contributed by atoms with E-state index in [-0.39, 0.29) is 5.54 Å². The molecule has 2 heteroatoms. The number of hydrogen-bond acceptors (Lipinski definition) is 2. The maximum Gasteiger partial charge on any atom is 0.123 e. The molecule has 0 spiro atoms. The Balaban J connectivity index is 2.31. The molecule has 0 fully saturated rings. The predicted octanol–water partition coefficient (Wildman–Crippen LogP) is 5.31. The number of para-hydroxylation sites is 1. The van der Waals surface area contributed by atoms with Crippen molar-refractivity contribution in [2.45, 2.75) is 78.3 Å². The van der Waals surface area contributed by atoms with Crippen molar-refractivity contribution in [1.29, 1.82) is 0 Å². The second kappa shape index (κ2) is 9.83. The number of ether oxygens (including phenoxy) is 1. The highest BCUT2D eigenvalue weighted by Crippen LogP contribution is 2.19. The molecule has 0 unspecified atom stereocenters. The van der Waals surface area contributed by atoms with Gasteiger partial charge in [-0.25, -0.2) is 0 Å². The van der Waals surface area contributed by atoms with E-state index in [1.807, 2.05) is 0 Å². The Bertz CT molecular complexity index is 381. The molecule has 0 heterocycles. The van der Waals surface area contributed by atoms with Crippen molar-refractivity contribution in [3.05, 3.63) is 29.8 Å². The van der Waals surface area contributed by atoms with E-state index in [0.717, 1.165) is 25.3 Å². The van der Waals surface area contributed by atoms with Gasteiger partial charge in [0.25, 0.3) is 0 Å². The van der Waals surface area contributed by atoms with Gasteiger partial charge in [0, 0.05) is 17.6 Å². The Kier molecular flexibility index (Phi) is 8.44. The molecule has 0 atom stereocenters. The molecule has 0 aliphatic heterocycles. The summed E-state index contributed by atoms with van der Waals surface area (Å²) >= 11 is 0. The summed E-state index contributed by atoms with van der Waals surface area (Å²) in [6.45, 7) is 10.5. The lowest BCUT2D eigenvalue weighted by molar-refractivity contribution is 0.299. The van der Waals surface area contributed by atoms with Crippen molar-refractivity contribution in [3.8, 4) is 5.75 Å². The summed E-state index contributed by atoms with van der Waals surface area (Å²) in [6, 6.07) is 8.36. The van der Waals surface area contributed by atoms with Crippen LogP contribution in [0.2, 0.25) is 0 Å². The lowest BCUT2D eigenvalue weighted by atomic mass is 10.1. The molecule has 0 aromatic heterocycles. The number of benzene rings is 1. The normalized spacial score (nSPS) is 11.6. The molecule has 0 radical (unpaired) electrons. The van der Waals surface area contributed by atoms with E-state index in [1.54, 1.807) is 0 Å². The monoisotopic (exact) mass is 291 g/mol. The largest absolute Gasteiger partial charge is 0.493 e. The summed E-state index contributed by atoms with van der Waals surface area (Å²) in [5.41, 5.74) is 1.38. The SMILES string of the molecule is CCCCCCCCOc1ccccc1CNC(C)(C)C. The van der Waals surface area contributed by atoms with Gasteiger partial charge in [-0.1, -0.05) is 57.2 Å². The van der Waals surface area contributed by atoms with Crippen LogP contribution in [-0.4, -0.2) is 12.1 Å². The molecular weight excluding hydrogens is 258 g/mol. The molecule has 0 aliphatic carbocycles. The van der Waals surface area contributed by atoms with Crippen molar-refractivity contribution < 1.29 is 4.74 Å². The minimum atomic E-state index is 0.131. The van der Waals surface area contributed by atoms with Crippen LogP contribution in [0.1, 0.15) is 71.8 Å². The minimum absolute atomic E-state index is 0.131. The number of hydrogen-bond donors (Lipinski definition) is 1. The average Bonchev–Trinajstić information content (AvgIpc) is 2.44. The summed E-state index contributed by atoms with van der Waals surface area (Å²) in [5.74, 6) is 1.03. The number of rotatable bonds is 10. The van der Waals surface area contributed by atoms with Crippen molar-refractivity contribution in [2.24, 2.45) is 0 Å². The van der Waals surface area contributed by atoms with Gasteiger partial charge in [-0.15, -0.1) is 0 Å². The van der Waals surface area contributed by atoms with E-state index in [1.165, 1.54) is 37.7 Å². The first kappa shape index (κ1) is 18.0. The first-order chi connectivity index (χ1) is 10.0. The van der Waals surface area contributed by atoms with Crippen LogP contribution in [0.15, 0.2) is 24.3 Å². The topological polar surface area (TPSA) is 21.3 Å². The van der Waals surface area contributed by atoms with Crippen molar-refractivity contribution >= 4 is 0 Å². The van der Waals surface area contributed by atoms with E-state index in [0.29, 0.717) is 0 Å². The molecular formula is C19H33NO. The lowest BCUT2D eigenvalue weighted by Crippen LogP contribution is -2.35. The summed E-state index contributed by atoms with van der Waals surface area (Å²) in [6.07, 6.45) is 7.81. The second-order valence-corrected chi connectivity index (χ2v) is 6.83. The third-order valence-corrected chi connectivity index (χ3v) is 3.54. The molecule has 0 saturated heterocycles. The van der Waals surface area contributed by atoms with Gasteiger partial charge >= 0.3 is 0 Å². The minimum Gasteiger partial charge on any atom is -0.493 e. The van der Waals surface area contributed by atoms with Gasteiger partial charge in [0.15, 0.2) is 0 Å². The summed E-state index contributed by atoms with van der Waals surface area (Å²) < 4.78 is 5.97. The van der Waals surface area contributed by atoms with Crippen LogP contribution in [0.25, 0.3) is 0 Å². The second-order valence-electron chi connectivity index (χ2n) is 6.83. The highest BCUT2D eigenvalue weighted by atomic mass is 16.5. The average molecular weight is 291 g/mol. The predicted molar refractivity (Wildman–Crippen MR) is 91.9 cm³/mol. The summed E-state index contributed by atoms with van der Waals surface area (Å²) in [7, 11) is 0. The van der Waals surface area contributed by atoms with Crippen LogP contribution >= 0.6 is 0 Å². The van der Waals surface area contributed by atoms with E-state index >= 15 is 0 Å². The zero-order chi connectivity index (χ0) is 15.6. The lowest BCUT2D eigenvalue weighted by Gasteiger charge is -2.21. The molecule has 0 bridgehead atoms. The van der Waals surface area contributed by atoms with E-state index in [2.05, 4.69) is 57.3 Å². The highest BCUT2D eigenvalue weighted by molar-refractivity contribution is 5.33. The van der Waals surface area contributed by atoms with Crippen LogP contribution in [0.5, 0.6) is 5.75 Å². The van der Waals surface area contributed by atoms with Crippen LogP contribution in [-0.2, 0) is 6.54 Å². The molecule has 1 aromatic rings. The zero-order valence-electron chi connectivity index (χ0n) is 14.4. The van der Waals surface area contributed by atoms with Gasteiger partial charge in [-0.3, -0.25) is 0 Å². The summed E-state index contributed by atoms with van der Waals surface area (Å²) in [5, 5.41) is 3.52. The standard InChI is InChI=1S/C19H33NO/c1-5-6-7-8-9-12-15-21-18-14-11-10-13-17(18)16-20-19(2,3)4/h10-11,13-14,20H,5-9,12,15-16H2,1-4H3. The van der Waals surface area contributed by atoms with Gasteiger partial charge < -0.3 is 10.1 Å². The van der Waals surface area contributed by atoms with Crippen LogP contribution in [0.3, 0.4) is 0 Å². The third kappa shape index (κ3) is 8.77.